The van der Waals surface area contributed by atoms with Gasteiger partial charge in [-0.1, -0.05) is 40.7 Å². The maximum absolute atomic E-state index is 4.84. The van der Waals surface area contributed by atoms with Crippen molar-refractivity contribution in [3.8, 4) is 0 Å². The smallest absolute Gasteiger partial charge is 0.204 e. The lowest BCUT2D eigenvalue weighted by Gasteiger charge is -2.22. The minimum absolute atomic E-state index is 0.469. The molecule has 0 saturated carbocycles. The molecule has 21 heavy (non-hydrogen) atoms. The van der Waals surface area contributed by atoms with Gasteiger partial charge in [0.1, 0.15) is 13.3 Å². The van der Waals surface area contributed by atoms with E-state index in [0.29, 0.717) is 4.32 Å². The molecule has 2 nitrogen and oxygen atoms in total. The fourth-order valence-electron chi connectivity index (χ4n) is 1.57. The molecule has 0 amide bonds. The van der Waals surface area contributed by atoms with Crippen molar-refractivity contribution in [3.63, 3.8) is 0 Å². The summed E-state index contributed by atoms with van der Waals surface area (Å²) in [4.78, 5) is 1.80. The van der Waals surface area contributed by atoms with Crippen molar-refractivity contribution in [2.45, 2.75) is 6.92 Å². The molecule has 110 valence electrons. The van der Waals surface area contributed by atoms with Crippen LogP contribution in [0.3, 0.4) is 0 Å². The first-order chi connectivity index (χ1) is 10.1. The van der Waals surface area contributed by atoms with E-state index in [0.717, 1.165) is 5.69 Å². The molecule has 0 aliphatic heterocycles. The van der Waals surface area contributed by atoms with E-state index in [1.54, 1.807) is 4.90 Å². The molecule has 2 rings (SSSR count). The molecule has 0 N–H and O–H groups in total. The highest BCUT2D eigenvalue weighted by Crippen LogP contribution is 2.10. The van der Waals surface area contributed by atoms with Gasteiger partial charge in [0.2, 0.25) is 5.69 Å². The third-order valence-corrected chi connectivity index (χ3v) is 3.52. The number of rotatable bonds is 2. The van der Waals surface area contributed by atoms with E-state index >= 15 is 0 Å². The number of anilines is 1. The topological polar surface area (TPSA) is 6.25 Å². The normalized spacial score (nSPS) is 10.3. The van der Waals surface area contributed by atoms with E-state index < -0.39 is 0 Å². The van der Waals surface area contributed by atoms with Crippen LogP contribution in [0.25, 0.3) is 0 Å². The molecule has 0 atom stereocenters. The fourth-order valence-corrected chi connectivity index (χ4v) is 1.78. The van der Waals surface area contributed by atoms with Gasteiger partial charge in [-0.2, -0.15) is 0 Å². The predicted molar refractivity (Wildman–Crippen MR) is 98.8 cm³/mol. The van der Waals surface area contributed by atoms with E-state index in [4.69, 9.17) is 24.8 Å². The fraction of sp³-hybridized carbons (Fsp3) is 0.176. The van der Waals surface area contributed by atoms with E-state index in [1.165, 1.54) is 5.69 Å². The van der Waals surface area contributed by atoms with E-state index in [-0.39, 0.29) is 0 Å². The Morgan fingerprint density at radius 2 is 1.52 bits per heavy atom. The number of thiocarbonyl (C=S) groups is 1. The monoisotopic (exact) mass is 316 g/mol. The minimum atomic E-state index is 0.469. The lowest BCUT2D eigenvalue weighted by molar-refractivity contribution is -0.400. The van der Waals surface area contributed by atoms with Crippen molar-refractivity contribution < 1.29 is 4.58 Å². The third-order valence-electron chi connectivity index (χ3n) is 2.97. The van der Waals surface area contributed by atoms with Crippen molar-refractivity contribution in [2.24, 2.45) is 0 Å². The maximum atomic E-state index is 4.84. The van der Waals surface area contributed by atoms with Crippen molar-refractivity contribution in [1.29, 1.82) is 0 Å². The average Bonchev–Trinajstić information content (AvgIpc) is 2.55. The van der Waals surface area contributed by atoms with Gasteiger partial charge in [-0.3, -0.25) is 0 Å². The summed E-state index contributed by atoms with van der Waals surface area (Å²) in [6.07, 6.45) is 2.04. The molecule has 0 spiro atoms. The van der Waals surface area contributed by atoms with Crippen LogP contribution in [0.15, 0.2) is 60.7 Å². The zero-order chi connectivity index (χ0) is 15.7. The van der Waals surface area contributed by atoms with E-state index in [9.17, 15) is 0 Å². The van der Waals surface area contributed by atoms with Gasteiger partial charge in [0.25, 0.3) is 0 Å². The number of para-hydroxylation sites is 2. The molecular formula is C17H20N2S2. The van der Waals surface area contributed by atoms with E-state index in [2.05, 4.69) is 16.7 Å². The highest BCUT2D eigenvalue weighted by Gasteiger charge is 1.96. The van der Waals surface area contributed by atoms with Gasteiger partial charge < -0.3 is 29.7 Å². The molecule has 2 aromatic rings. The number of nitrogens with zero attached hydrogens (tertiary/aromatic N) is 2. The SMILES string of the molecule is CC=[N+](C)c1ccccc1.CN(C(=S)[S-])c1ccccc1. The predicted octanol–water partition coefficient (Wildman–Crippen LogP) is 4.01. The van der Waals surface area contributed by atoms with Gasteiger partial charge in [0.15, 0.2) is 0 Å². The first-order valence-electron chi connectivity index (χ1n) is 6.63. The molecule has 0 unspecified atom stereocenters. The van der Waals surface area contributed by atoms with Crippen LogP contribution in [-0.2, 0) is 12.6 Å². The van der Waals surface area contributed by atoms with Gasteiger partial charge in [0, 0.05) is 31.8 Å². The molecule has 0 radical (unpaired) electrons. The largest absolute Gasteiger partial charge is 0.411 e. The Labute approximate surface area is 138 Å². The van der Waals surface area contributed by atoms with Gasteiger partial charge >= 0.3 is 0 Å². The lowest BCUT2D eigenvalue weighted by Crippen LogP contribution is -2.21. The molecule has 2 aromatic carbocycles. The summed E-state index contributed by atoms with van der Waals surface area (Å²) in [6, 6.07) is 20.1. The van der Waals surface area contributed by atoms with E-state index in [1.807, 2.05) is 75.8 Å². The molecule has 0 aliphatic carbocycles. The standard InChI is InChI=1S/C9H12N.C8H9NS2/c1-3-10(2)9-7-5-4-6-8-9;1-9(8(10)11)7-5-3-2-4-6-7/h3-8H,1-2H3;2-6H,1H3,(H,10,11)/q+1;/p-1. The Hall–Kier alpha value is -1.78. The molecule has 0 saturated heterocycles. The van der Waals surface area contributed by atoms with Gasteiger partial charge in [-0.25, -0.2) is 4.58 Å². The Balaban J connectivity index is 0.000000211. The summed E-state index contributed by atoms with van der Waals surface area (Å²) < 4.78 is 2.55. The summed E-state index contributed by atoms with van der Waals surface area (Å²) in [5.74, 6) is 0. The molecular weight excluding hydrogens is 296 g/mol. The third kappa shape index (κ3) is 6.02. The molecule has 0 bridgehead atoms. The second-order valence-corrected chi connectivity index (χ2v) is 5.40. The van der Waals surface area contributed by atoms with Crippen molar-refractivity contribution in [1.82, 2.24) is 0 Å². The van der Waals surface area contributed by atoms with Crippen LogP contribution in [-0.4, -0.2) is 29.2 Å². The number of benzene rings is 2. The summed E-state index contributed by atoms with van der Waals surface area (Å²) in [5.41, 5.74) is 2.26. The van der Waals surface area contributed by atoms with Gasteiger partial charge in [0.05, 0.1) is 0 Å². The zero-order valence-electron chi connectivity index (χ0n) is 12.6. The van der Waals surface area contributed by atoms with Crippen LogP contribution in [0.1, 0.15) is 6.92 Å². The summed E-state index contributed by atoms with van der Waals surface area (Å²) >= 11 is 9.68. The van der Waals surface area contributed by atoms with Crippen LogP contribution in [0.5, 0.6) is 0 Å². The maximum Gasteiger partial charge on any atom is 0.204 e. The van der Waals surface area contributed by atoms with Gasteiger partial charge in [-0.05, 0) is 12.1 Å². The Kier molecular flexibility index (Phi) is 7.58. The molecule has 0 heterocycles. The highest BCUT2D eigenvalue weighted by atomic mass is 32.1. The molecule has 0 aliphatic rings. The second-order valence-electron chi connectivity index (χ2n) is 4.37. The Bertz CT molecular complexity index is 580. The summed E-state index contributed by atoms with van der Waals surface area (Å²) in [6.45, 7) is 2.02. The average molecular weight is 316 g/mol. The van der Waals surface area contributed by atoms with Crippen LogP contribution < -0.4 is 4.90 Å². The summed E-state index contributed by atoms with van der Waals surface area (Å²) in [5, 5.41) is 0. The van der Waals surface area contributed by atoms with Crippen molar-refractivity contribution in [3.05, 3.63) is 60.7 Å². The van der Waals surface area contributed by atoms with Crippen LogP contribution in [0.4, 0.5) is 11.4 Å². The van der Waals surface area contributed by atoms with Crippen molar-refractivity contribution >= 4 is 46.8 Å². The highest BCUT2D eigenvalue weighted by molar-refractivity contribution is 8.00. The zero-order valence-corrected chi connectivity index (χ0v) is 14.2. The van der Waals surface area contributed by atoms with Crippen LogP contribution >= 0.6 is 12.2 Å². The lowest BCUT2D eigenvalue weighted by atomic mass is 10.3. The molecule has 0 aromatic heterocycles. The quantitative estimate of drug-likeness (QED) is 0.358. The van der Waals surface area contributed by atoms with Crippen LogP contribution in [0.2, 0.25) is 0 Å². The first-order valence-corrected chi connectivity index (χ1v) is 7.45. The second kappa shape index (κ2) is 9.21. The summed E-state index contributed by atoms with van der Waals surface area (Å²) in [7, 11) is 3.90. The number of hydrogen-bond acceptors (Lipinski definition) is 2. The molecule has 4 heteroatoms. The first kappa shape index (κ1) is 17.3. The minimum Gasteiger partial charge on any atom is -0.411 e. The Morgan fingerprint density at radius 3 is 1.95 bits per heavy atom. The number of hydrogen-bond donors (Lipinski definition) is 0. The molecule has 0 fully saturated rings. The Morgan fingerprint density at radius 1 is 1.05 bits per heavy atom. The van der Waals surface area contributed by atoms with Gasteiger partial charge in [-0.15, -0.1) is 0 Å². The van der Waals surface area contributed by atoms with Crippen molar-refractivity contribution in [2.75, 3.05) is 19.0 Å². The van der Waals surface area contributed by atoms with Crippen LogP contribution in [0, 0.1) is 0 Å².